The van der Waals surface area contributed by atoms with Crippen LogP contribution in [0.1, 0.15) is 29.5 Å². The van der Waals surface area contributed by atoms with Crippen LogP contribution in [0, 0.1) is 6.92 Å². The molecule has 2 aromatic rings. The van der Waals surface area contributed by atoms with Crippen molar-refractivity contribution in [2.24, 2.45) is 0 Å². The van der Waals surface area contributed by atoms with Crippen LogP contribution in [0.15, 0.2) is 48.5 Å². The molecule has 0 spiro atoms. The average molecular weight is 283 g/mol. The first-order chi connectivity index (χ1) is 10.1. The van der Waals surface area contributed by atoms with E-state index in [1.165, 1.54) is 11.1 Å². The first kappa shape index (κ1) is 15.1. The number of benzene rings is 2. The molecule has 21 heavy (non-hydrogen) atoms. The molecule has 0 radical (unpaired) electrons. The average Bonchev–Trinajstić information content (AvgIpc) is 2.47. The van der Waals surface area contributed by atoms with E-state index in [4.69, 9.17) is 0 Å². The molecule has 0 aliphatic rings. The minimum Gasteiger partial charge on any atom is -0.508 e. The Morgan fingerprint density at radius 3 is 2.67 bits per heavy atom. The van der Waals surface area contributed by atoms with Crippen molar-refractivity contribution in [3.8, 4) is 5.75 Å². The second kappa shape index (κ2) is 6.93. The summed E-state index contributed by atoms with van der Waals surface area (Å²) in [6, 6.07) is 15.2. The van der Waals surface area contributed by atoms with Gasteiger partial charge in [0.15, 0.2) is 0 Å². The molecule has 2 rings (SSSR count). The number of nitrogens with one attached hydrogen (secondary N) is 1. The number of amides is 1. The number of rotatable bonds is 5. The van der Waals surface area contributed by atoms with Gasteiger partial charge in [0.2, 0.25) is 5.91 Å². The second-order valence-electron chi connectivity index (χ2n) is 5.42. The van der Waals surface area contributed by atoms with Crippen LogP contribution in [-0.4, -0.2) is 17.6 Å². The van der Waals surface area contributed by atoms with Crippen LogP contribution in [0.2, 0.25) is 0 Å². The van der Waals surface area contributed by atoms with E-state index in [-0.39, 0.29) is 24.0 Å². The Bertz CT molecular complexity index is 622. The molecule has 3 nitrogen and oxygen atoms in total. The molecule has 110 valence electrons. The highest BCUT2D eigenvalue weighted by Gasteiger charge is 2.10. The van der Waals surface area contributed by atoms with E-state index < -0.39 is 0 Å². The molecule has 2 aromatic carbocycles. The third-order valence-corrected chi connectivity index (χ3v) is 3.56. The third-order valence-electron chi connectivity index (χ3n) is 3.56. The maximum absolute atomic E-state index is 11.9. The predicted molar refractivity (Wildman–Crippen MR) is 84.4 cm³/mol. The fourth-order valence-electron chi connectivity index (χ4n) is 2.26. The topological polar surface area (TPSA) is 49.3 Å². The van der Waals surface area contributed by atoms with Crippen LogP contribution in [0.4, 0.5) is 0 Å². The zero-order valence-electron chi connectivity index (χ0n) is 12.5. The summed E-state index contributed by atoms with van der Waals surface area (Å²) in [6.45, 7) is 4.75. The van der Waals surface area contributed by atoms with E-state index >= 15 is 0 Å². The lowest BCUT2D eigenvalue weighted by Crippen LogP contribution is -2.28. The van der Waals surface area contributed by atoms with Crippen LogP contribution in [0.25, 0.3) is 0 Å². The van der Waals surface area contributed by atoms with Gasteiger partial charge in [-0.2, -0.15) is 0 Å². The summed E-state index contributed by atoms with van der Waals surface area (Å²) in [7, 11) is 0. The molecule has 0 fully saturated rings. The number of para-hydroxylation sites is 1. The molecule has 1 amide bonds. The van der Waals surface area contributed by atoms with Crippen molar-refractivity contribution in [2.75, 3.05) is 6.54 Å². The molecule has 0 saturated carbocycles. The Kier molecular flexibility index (Phi) is 4.99. The smallest absolute Gasteiger partial charge is 0.224 e. The van der Waals surface area contributed by atoms with Gasteiger partial charge in [-0.3, -0.25) is 4.79 Å². The highest BCUT2D eigenvalue weighted by atomic mass is 16.3. The number of hydrogen-bond acceptors (Lipinski definition) is 2. The van der Waals surface area contributed by atoms with Gasteiger partial charge in [0.05, 0.1) is 6.42 Å². The molecule has 0 aliphatic heterocycles. The molecule has 0 saturated heterocycles. The molecule has 0 aromatic heterocycles. The lowest BCUT2D eigenvalue weighted by Gasteiger charge is -2.14. The van der Waals surface area contributed by atoms with Gasteiger partial charge in [-0.15, -0.1) is 0 Å². The largest absolute Gasteiger partial charge is 0.508 e. The fourth-order valence-corrected chi connectivity index (χ4v) is 2.26. The zero-order valence-corrected chi connectivity index (χ0v) is 12.5. The Morgan fingerprint density at radius 1 is 1.19 bits per heavy atom. The quantitative estimate of drug-likeness (QED) is 0.885. The van der Waals surface area contributed by atoms with Gasteiger partial charge in [-0.1, -0.05) is 55.0 Å². The Hall–Kier alpha value is -2.29. The normalized spacial score (nSPS) is 11.9. The summed E-state index contributed by atoms with van der Waals surface area (Å²) in [5.74, 6) is 0.355. The van der Waals surface area contributed by atoms with Crippen LogP contribution in [0.3, 0.4) is 0 Å². The molecule has 1 atom stereocenters. The number of carbonyl (C=O) groups is 1. The van der Waals surface area contributed by atoms with E-state index in [2.05, 4.69) is 37.4 Å². The maximum atomic E-state index is 11.9. The first-order valence-corrected chi connectivity index (χ1v) is 7.16. The molecule has 2 N–H and O–H groups in total. The second-order valence-corrected chi connectivity index (χ2v) is 5.42. The van der Waals surface area contributed by atoms with Crippen molar-refractivity contribution in [1.82, 2.24) is 5.32 Å². The Balaban J connectivity index is 1.88. The van der Waals surface area contributed by atoms with E-state index in [0.717, 1.165) is 0 Å². The Labute approximate surface area is 125 Å². The highest BCUT2D eigenvalue weighted by Crippen LogP contribution is 2.17. The maximum Gasteiger partial charge on any atom is 0.224 e. The summed E-state index contributed by atoms with van der Waals surface area (Å²) in [4.78, 5) is 11.9. The van der Waals surface area contributed by atoms with E-state index in [1.807, 2.05) is 12.1 Å². The molecular formula is C18H21NO2. The molecule has 0 aliphatic carbocycles. The molecule has 3 heteroatoms. The van der Waals surface area contributed by atoms with E-state index in [9.17, 15) is 9.90 Å². The fraction of sp³-hybridized carbons (Fsp3) is 0.278. The number of carbonyl (C=O) groups excluding carboxylic acids is 1. The first-order valence-electron chi connectivity index (χ1n) is 7.16. The molecular weight excluding hydrogens is 262 g/mol. The monoisotopic (exact) mass is 283 g/mol. The third kappa shape index (κ3) is 4.35. The van der Waals surface area contributed by atoms with Crippen LogP contribution >= 0.6 is 0 Å². The van der Waals surface area contributed by atoms with Crippen molar-refractivity contribution in [3.05, 3.63) is 65.2 Å². The number of hydrogen-bond donors (Lipinski definition) is 2. The molecule has 0 heterocycles. The van der Waals surface area contributed by atoms with Gasteiger partial charge >= 0.3 is 0 Å². The highest BCUT2D eigenvalue weighted by molar-refractivity contribution is 5.79. The number of aromatic hydroxyl groups is 1. The lowest BCUT2D eigenvalue weighted by atomic mass is 9.99. The van der Waals surface area contributed by atoms with Crippen molar-refractivity contribution in [3.63, 3.8) is 0 Å². The summed E-state index contributed by atoms with van der Waals surface area (Å²) in [6.07, 6.45) is 0.202. The predicted octanol–water partition coefficient (Wildman–Crippen LogP) is 3.16. The minimum atomic E-state index is -0.0731. The Morgan fingerprint density at radius 2 is 1.95 bits per heavy atom. The molecule has 0 bridgehead atoms. The van der Waals surface area contributed by atoms with Gasteiger partial charge in [0, 0.05) is 12.1 Å². The summed E-state index contributed by atoms with van der Waals surface area (Å²) >= 11 is 0. The minimum absolute atomic E-state index is 0.0731. The summed E-state index contributed by atoms with van der Waals surface area (Å²) < 4.78 is 0. The number of phenolic OH excluding ortho intramolecular Hbond substituents is 1. The lowest BCUT2D eigenvalue weighted by molar-refractivity contribution is -0.120. The van der Waals surface area contributed by atoms with Crippen molar-refractivity contribution in [1.29, 1.82) is 0 Å². The standard InChI is InChI=1S/C18H21NO2/c1-13-6-5-8-15(10-13)14(2)12-19-18(21)11-16-7-3-4-9-17(16)20/h3-10,14,20H,11-12H2,1-2H3,(H,19,21)/t14-/m0/s1. The van der Waals surface area contributed by atoms with Gasteiger partial charge in [-0.25, -0.2) is 0 Å². The van der Waals surface area contributed by atoms with Gasteiger partial charge < -0.3 is 10.4 Å². The van der Waals surface area contributed by atoms with Gasteiger partial charge in [-0.05, 0) is 24.5 Å². The van der Waals surface area contributed by atoms with E-state index in [0.29, 0.717) is 12.1 Å². The van der Waals surface area contributed by atoms with Crippen molar-refractivity contribution in [2.45, 2.75) is 26.2 Å². The van der Waals surface area contributed by atoms with Crippen molar-refractivity contribution < 1.29 is 9.90 Å². The van der Waals surface area contributed by atoms with Crippen LogP contribution in [-0.2, 0) is 11.2 Å². The van der Waals surface area contributed by atoms with Gasteiger partial charge in [0.25, 0.3) is 0 Å². The number of aryl methyl sites for hydroxylation is 1. The van der Waals surface area contributed by atoms with Crippen molar-refractivity contribution >= 4 is 5.91 Å². The number of phenols is 1. The summed E-state index contributed by atoms with van der Waals surface area (Å²) in [5, 5.41) is 12.6. The van der Waals surface area contributed by atoms with Crippen LogP contribution in [0.5, 0.6) is 5.75 Å². The van der Waals surface area contributed by atoms with Gasteiger partial charge in [0.1, 0.15) is 5.75 Å². The molecule has 0 unspecified atom stereocenters. The van der Waals surface area contributed by atoms with Crippen LogP contribution < -0.4 is 5.32 Å². The zero-order chi connectivity index (χ0) is 15.2. The summed E-state index contributed by atoms with van der Waals surface area (Å²) in [5.41, 5.74) is 3.09. The SMILES string of the molecule is Cc1cccc([C@@H](C)CNC(=O)Cc2ccccc2O)c1. The van der Waals surface area contributed by atoms with E-state index in [1.54, 1.807) is 18.2 Å².